The van der Waals surface area contributed by atoms with E-state index in [1.165, 1.54) is 0 Å². The zero-order valence-corrected chi connectivity index (χ0v) is 9.96. The zero-order chi connectivity index (χ0) is 11.9. The molecule has 0 spiro atoms. The molecule has 0 aromatic rings. The maximum Gasteiger partial charge on any atom is 0.227 e. The van der Waals surface area contributed by atoms with Gasteiger partial charge in [0.1, 0.15) is 0 Å². The van der Waals surface area contributed by atoms with Crippen LogP contribution in [0.5, 0.6) is 0 Å². The van der Waals surface area contributed by atoms with E-state index in [-0.39, 0.29) is 5.91 Å². The Hall–Kier alpha value is -0.650. The molecule has 0 atom stereocenters. The molecule has 0 aliphatic carbocycles. The Morgan fingerprint density at radius 1 is 1.50 bits per heavy atom. The average molecular weight is 230 g/mol. The molecule has 1 aliphatic rings. The number of amides is 1. The van der Waals surface area contributed by atoms with Gasteiger partial charge < -0.3 is 20.5 Å². The minimum Gasteiger partial charge on any atom is -0.381 e. The quantitative estimate of drug-likeness (QED) is 0.625. The molecule has 5 nitrogen and oxygen atoms in total. The third-order valence-corrected chi connectivity index (χ3v) is 3.06. The summed E-state index contributed by atoms with van der Waals surface area (Å²) in [5, 5.41) is 2.88. The van der Waals surface area contributed by atoms with Gasteiger partial charge in [-0.3, -0.25) is 4.79 Å². The predicted molar refractivity (Wildman–Crippen MR) is 61.0 cm³/mol. The molecule has 1 fully saturated rings. The Morgan fingerprint density at radius 2 is 2.19 bits per heavy atom. The molecule has 0 aromatic heterocycles. The summed E-state index contributed by atoms with van der Waals surface area (Å²) in [4.78, 5) is 12.0. The van der Waals surface area contributed by atoms with Gasteiger partial charge in [-0.15, -0.1) is 0 Å². The molecule has 0 unspecified atom stereocenters. The molecule has 0 bridgehead atoms. The van der Waals surface area contributed by atoms with Crippen LogP contribution in [0.25, 0.3) is 0 Å². The predicted octanol–water partition coefficient (Wildman–Crippen LogP) is -0.105. The fourth-order valence-corrected chi connectivity index (χ4v) is 1.85. The lowest BCUT2D eigenvalue weighted by Gasteiger charge is -2.34. The molecule has 3 N–H and O–H groups in total. The van der Waals surface area contributed by atoms with E-state index >= 15 is 0 Å². The van der Waals surface area contributed by atoms with Gasteiger partial charge in [0, 0.05) is 32.9 Å². The van der Waals surface area contributed by atoms with Crippen molar-refractivity contribution in [3.8, 4) is 0 Å². The topological polar surface area (TPSA) is 73.6 Å². The number of ether oxygens (including phenoxy) is 2. The number of carbonyl (C=O) groups is 1. The maximum atomic E-state index is 12.0. The number of hydrogen-bond acceptors (Lipinski definition) is 4. The number of hydrogen-bond donors (Lipinski definition) is 2. The first-order chi connectivity index (χ1) is 7.75. The van der Waals surface area contributed by atoms with Gasteiger partial charge in [-0.2, -0.15) is 0 Å². The summed E-state index contributed by atoms with van der Waals surface area (Å²) in [6.45, 7) is 5.34. The minimum absolute atomic E-state index is 0.0398. The van der Waals surface area contributed by atoms with Crippen molar-refractivity contribution in [2.75, 3.05) is 39.5 Å². The third kappa shape index (κ3) is 3.43. The van der Waals surface area contributed by atoms with Crippen LogP contribution in [0.15, 0.2) is 0 Å². The van der Waals surface area contributed by atoms with Crippen LogP contribution in [0.4, 0.5) is 0 Å². The smallest absolute Gasteiger partial charge is 0.227 e. The zero-order valence-electron chi connectivity index (χ0n) is 9.96. The normalized spacial score (nSPS) is 19.4. The first-order valence-electron chi connectivity index (χ1n) is 5.89. The molecule has 1 heterocycles. The average Bonchev–Trinajstić information content (AvgIpc) is 2.35. The molecule has 1 rings (SSSR count). The van der Waals surface area contributed by atoms with E-state index < -0.39 is 5.41 Å². The standard InChI is InChI=1S/C11H22N2O3/c1-2-15-8-5-13-10(14)11(9-12)3-6-16-7-4-11/h2-9,12H2,1H3,(H,13,14). The molecular weight excluding hydrogens is 208 g/mol. The van der Waals surface area contributed by atoms with Crippen molar-refractivity contribution in [2.45, 2.75) is 19.8 Å². The molecule has 0 radical (unpaired) electrons. The van der Waals surface area contributed by atoms with E-state index in [1.54, 1.807) is 0 Å². The van der Waals surface area contributed by atoms with Gasteiger partial charge in [0.05, 0.1) is 12.0 Å². The summed E-state index contributed by atoms with van der Waals surface area (Å²) in [6.07, 6.45) is 1.42. The Morgan fingerprint density at radius 3 is 2.75 bits per heavy atom. The van der Waals surface area contributed by atoms with E-state index in [0.29, 0.717) is 52.4 Å². The second-order valence-electron chi connectivity index (χ2n) is 4.05. The molecule has 94 valence electrons. The Labute approximate surface area is 96.7 Å². The fourth-order valence-electron chi connectivity index (χ4n) is 1.85. The van der Waals surface area contributed by atoms with E-state index in [9.17, 15) is 4.79 Å². The lowest BCUT2D eigenvalue weighted by molar-refractivity contribution is -0.136. The lowest BCUT2D eigenvalue weighted by Crippen LogP contribution is -2.49. The third-order valence-electron chi connectivity index (χ3n) is 3.06. The maximum absolute atomic E-state index is 12.0. The van der Waals surface area contributed by atoms with Crippen LogP contribution in [-0.4, -0.2) is 45.4 Å². The van der Waals surface area contributed by atoms with E-state index in [4.69, 9.17) is 15.2 Å². The highest BCUT2D eigenvalue weighted by molar-refractivity contribution is 5.83. The summed E-state index contributed by atoms with van der Waals surface area (Å²) in [7, 11) is 0. The van der Waals surface area contributed by atoms with Crippen molar-refractivity contribution in [1.82, 2.24) is 5.32 Å². The summed E-state index contributed by atoms with van der Waals surface area (Å²) in [5.74, 6) is 0.0398. The summed E-state index contributed by atoms with van der Waals surface area (Å²) in [6, 6.07) is 0. The van der Waals surface area contributed by atoms with Gasteiger partial charge in [-0.25, -0.2) is 0 Å². The van der Waals surface area contributed by atoms with E-state index in [0.717, 1.165) is 0 Å². The van der Waals surface area contributed by atoms with Gasteiger partial charge in [0.15, 0.2) is 0 Å². The van der Waals surface area contributed by atoms with E-state index in [2.05, 4.69) is 5.32 Å². The summed E-state index contributed by atoms with van der Waals surface area (Å²) < 4.78 is 10.4. The van der Waals surface area contributed by atoms with Crippen LogP contribution in [-0.2, 0) is 14.3 Å². The van der Waals surface area contributed by atoms with Crippen LogP contribution >= 0.6 is 0 Å². The van der Waals surface area contributed by atoms with Crippen molar-refractivity contribution < 1.29 is 14.3 Å². The fraction of sp³-hybridized carbons (Fsp3) is 0.909. The molecule has 16 heavy (non-hydrogen) atoms. The summed E-state index contributed by atoms with van der Waals surface area (Å²) >= 11 is 0. The van der Waals surface area contributed by atoms with Crippen molar-refractivity contribution in [3.63, 3.8) is 0 Å². The SMILES string of the molecule is CCOCCNC(=O)C1(CN)CCOCC1. The Balaban J connectivity index is 2.36. The largest absolute Gasteiger partial charge is 0.381 e. The number of rotatable bonds is 6. The van der Waals surface area contributed by atoms with Crippen molar-refractivity contribution in [1.29, 1.82) is 0 Å². The molecule has 0 saturated carbocycles. The number of nitrogens with one attached hydrogen (secondary N) is 1. The Bertz CT molecular complexity index is 215. The van der Waals surface area contributed by atoms with Crippen LogP contribution in [0.1, 0.15) is 19.8 Å². The second kappa shape index (κ2) is 6.83. The van der Waals surface area contributed by atoms with Crippen LogP contribution < -0.4 is 11.1 Å². The van der Waals surface area contributed by atoms with Crippen molar-refractivity contribution >= 4 is 5.91 Å². The lowest BCUT2D eigenvalue weighted by atomic mass is 9.79. The Kier molecular flexibility index (Phi) is 5.73. The van der Waals surface area contributed by atoms with Crippen molar-refractivity contribution in [3.05, 3.63) is 0 Å². The van der Waals surface area contributed by atoms with E-state index in [1.807, 2.05) is 6.92 Å². The number of carbonyl (C=O) groups excluding carboxylic acids is 1. The number of nitrogens with two attached hydrogens (primary N) is 1. The molecule has 1 amide bonds. The molecular formula is C11H22N2O3. The minimum atomic E-state index is -0.426. The second-order valence-corrected chi connectivity index (χ2v) is 4.05. The first-order valence-corrected chi connectivity index (χ1v) is 5.89. The van der Waals surface area contributed by atoms with Crippen molar-refractivity contribution in [2.24, 2.45) is 11.1 Å². The highest BCUT2D eigenvalue weighted by atomic mass is 16.5. The molecule has 5 heteroatoms. The van der Waals surface area contributed by atoms with Crippen LogP contribution in [0.2, 0.25) is 0 Å². The molecule has 1 saturated heterocycles. The van der Waals surface area contributed by atoms with Gasteiger partial charge in [-0.1, -0.05) is 0 Å². The first kappa shape index (κ1) is 13.4. The molecule has 1 aliphatic heterocycles. The van der Waals surface area contributed by atoms with Gasteiger partial charge >= 0.3 is 0 Å². The highest BCUT2D eigenvalue weighted by Gasteiger charge is 2.38. The van der Waals surface area contributed by atoms with Crippen LogP contribution in [0, 0.1) is 5.41 Å². The van der Waals surface area contributed by atoms with Gasteiger partial charge in [0.2, 0.25) is 5.91 Å². The summed E-state index contributed by atoms with van der Waals surface area (Å²) in [5.41, 5.74) is 5.30. The van der Waals surface area contributed by atoms with Gasteiger partial charge in [0.25, 0.3) is 0 Å². The highest BCUT2D eigenvalue weighted by Crippen LogP contribution is 2.29. The monoisotopic (exact) mass is 230 g/mol. The van der Waals surface area contributed by atoms with Gasteiger partial charge in [-0.05, 0) is 19.8 Å². The molecule has 0 aromatic carbocycles. The van der Waals surface area contributed by atoms with Crippen LogP contribution in [0.3, 0.4) is 0 Å².